The molecule has 1 aromatic heterocycles. The summed E-state index contributed by atoms with van der Waals surface area (Å²) in [5.74, 6) is -0.207. The predicted molar refractivity (Wildman–Crippen MR) is 121 cm³/mol. The maximum Gasteiger partial charge on any atom is 0.243 e. The molecule has 1 amide bonds. The molecule has 0 unspecified atom stereocenters. The monoisotopic (exact) mass is 469 g/mol. The summed E-state index contributed by atoms with van der Waals surface area (Å²) < 4.78 is 45.5. The molecular weight excluding hydrogens is 445 g/mol. The molecule has 33 heavy (non-hydrogen) atoms. The van der Waals surface area contributed by atoms with Crippen molar-refractivity contribution in [3.8, 4) is 17.0 Å². The van der Waals surface area contributed by atoms with Gasteiger partial charge in [-0.15, -0.1) is 0 Å². The average Bonchev–Trinajstić information content (AvgIpc) is 3.34. The molecule has 9 heteroatoms. The van der Waals surface area contributed by atoms with Crippen LogP contribution in [0.3, 0.4) is 0 Å². The Kier molecular flexibility index (Phi) is 6.71. The largest absolute Gasteiger partial charge is 0.495 e. The van der Waals surface area contributed by atoms with E-state index < -0.39 is 21.9 Å². The molecule has 4 rings (SSSR count). The van der Waals surface area contributed by atoms with E-state index in [0.717, 1.165) is 29.0 Å². The fraction of sp³-hybridized carbons (Fsp3) is 0.250. The number of aromatic nitrogens is 1. The van der Waals surface area contributed by atoms with Gasteiger partial charge in [0.05, 0.1) is 23.9 Å². The van der Waals surface area contributed by atoms with E-state index in [1.165, 1.54) is 16.4 Å². The highest BCUT2D eigenvalue weighted by Gasteiger charge is 2.39. The number of ether oxygens (including phenoxy) is 1. The van der Waals surface area contributed by atoms with Gasteiger partial charge in [-0.3, -0.25) is 9.78 Å². The number of halogens is 1. The van der Waals surface area contributed by atoms with Crippen LogP contribution in [0.1, 0.15) is 18.4 Å². The highest BCUT2D eigenvalue weighted by atomic mass is 32.2. The summed E-state index contributed by atoms with van der Waals surface area (Å²) in [5.41, 5.74) is 2.53. The molecule has 0 aliphatic carbocycles. The van der Waals surface area contributed by atoms with Crippen LogP contribution >= 0.6 is 0 Å². The molecule has 0 saturated carbocycles. The maximum absolute atomic E-state index is 13.2. The van der Waals surface area contributed by atoms with Crippen molar-refractivity contribution in [1.82, 2.24) is 14.6 Å². The van der Waals surface area contributed by atoms with Crippen molar-refractivity contribution in [2.75, 3.05) is 13.7 Å². The van der Waals surface area contributed by atoms with Gasteiger partial charge < -0.3 is 10.1 Å². The number of hydrogen-bond donors (Lipinski definition) is 1. The number of methoxy groups -OCH3 is 1. The van der Waals surface area contributed by atoms with Crippen LogP contribution in [0, 0.1) is 5.82 Å². The lowest BCUT2D eigenvalue weighted by Crippen LogP contribution is -2.45. The minimum atomic E-state index is -3.89. The number of carbonyl (C=O) groups is 1. The van der Waals surface area contributed by atoms with Gasteiger partial charge in [0.2, 0.25) is 15.9 Å². The number of amides is 1. The Morgan fingerprint density at radius 3 is 2.67 bits per heavy atom. The molecule has 1 atom stereocenters. The molecule has 1 fully saturated rings. The zero-order valence-electron chi connectivity index (χ0n) is 18.1. The van der Waals surface area contributed by atoms with Crippen molar-refractivity contribution >= 4 is 15.9 Å². The number of sulfonamides is 1. The second-order valence-electron chi connectivity index (χ2n) is 7.73. The van der Waals surface area contributed by atoms with Crippen molar-refractivity contribution in [2.24, 2.45) is 0 Å². The minimum absolute atomic E-state index is 0.0247. The third kappa shape index (κ3) is 5.04. The van der Waals surface area contributed by atoms with E-state index in [4.69, 9.17) is 4.74 Å². The highest BCUT2D eigenvalue weighted by Crippen LogP contribution is 2.27. The smallest absolute Gasteiger partial charge is 0.243 e. The molecule has 7 nitrogen and oxygen atoms in total. The van der Waals surface area contributed by atoms with Crippen molar-refractivity contribution < 1.29 is 22.3 Å². The number of hydrogen-bond acceptors (Lipinski definition) is 5. The van der Waals surface area contributed by atoms with Crippen LogP contribution in [0.25, 0.3) is 11.3 Å². The Morgan fingerprint density at radius 2 is 1.97 bits per heavy atom. The number of nitrogens with one attached hydrogen (secondary N) is 1. The van der Waals surface area contributed by atoms with Gasteiger partial charge in [-0.2, -0.15) is 4.31 Å². The van der Waals surface area contributed by atoms with Crippen molar-refractivity contribution in [3.05, 3.63) is 78.2 Å². The first-order valence-electron chi connectivity index (χ1n) is 10.5. The lowest BCUT2D eigenvalue weighted by Gasteiger charge is -2.23. The summed E-state index contributed by atoms with van der Waals surface area (Å²) in [6.07, 6.45) is 2.65. The van der Waals surface area contributed by atoms with Crippen LogP contribution in [-0.4, -0.2) is 43.3 Å². The average molecular weight is 470 g/mol. The first-order valence-corrected chi connectivity index (χ1v) is 12.0. The molecule has 2 heterocycles. The van der Waals surface area contributed by atoms with E-state index in [0.29, 0.717) is 18.6 Å². The Bertz CT molecular complexity index is 1230. The van der Waals surface area contributed by atoms with E-state index in [2.05, 4.69) is 10.3 Å². The molecule has 3 aromatic rings. The van der Waals surface area contributed by atoms with E-state index in [1.54, 1.807) is 13.3 Å². The van der Waals surface area contributed by atoms with Gasteiger partial charge in [0.25, 0.3) is 0 Å². The Morgan fingerprint density at radius 1 is 1.18 bits per heavy atom. The Balaban J connectivity index is 1.44. The zero-order chi connectivity index (χ0) is 23.4. The van der Waals surface area contributed by atoms with Crippen molar-refractivity contribution in [2.45, 2.75) is 30.3 Å². The van der Waals surface area contributed by atoms with E-state index in [-0.39, 0.29) is 23.9 Å². The van der Waals surface area contributed by atoms with E-state index >= 15 is 0 Å². The third-order valence-corrected chi connectivity index (χ3v) is 7.51. The molecule has 0 spiro atoms. The van der Waals surface area contributed by atoms with E-state index in [9.17, 15) is 17.6 Å². The lowest BCUT2D eigenvalue weighted by molar-refractivity contribution is -0.124. The van der Waals surface area contributed by atoms with Crippen LogP contribution in [0.5, 0.6) is 5.75 Å². The highest BCUT2D eigenvalue weighted by molar-refractivity contribution is 7.89. The summed E-state index contributed by atoms with van der Waals surface area (Å²) in [4.78, 5) is 17.2. The molecule has 1 aliphatic rings. The lowest BCUT2D eigenvalue weighted by atomic mass is 10.1. The summed E-state index contributed by atoms with van der Waals surface area (Å²) in [6, 6.07) is 15.1. The first-order chi connectivity index (χ1) is 15.9. The third-order valence-electron chi connectivity index (χ3n) is 5.59. The molecule has 2 aromatic carbocycles. The topological polar surface area (TPSA) is 88.6 Å². The van der Waals surface area contributed by atoms with Gasteiger partial charge in [-0.05, 0) is 60.9 Å². The maximum atomic E-state index is 13.2. The predicted octanol–water partition coefficient (Wildman–Crippen LogP) is 3.37. The summed E-state index contributed by atoms with van der Waals surface area (Å²) >= 11 is 0. The van der Waals surface area contributed by atoms with Crippen molar-refractivity contribution in [3.63, 3.8) is 0 Å². The minimum Gasteiger partial charge on any atom is -0.495 e. The molecule has 1 aliphatic heterocycles. The molecule has 0 bridgehead atoms. The number of carbonyl (C=O) groups excluding carboxylic acids is 1. The van der Waals surface area contributed by atoms with Gasteiger partial charge in [-0.25, -0.2) is 12.8 Å². The molecule has 172 valence electrons. The fourth-order valence-corrected chi connectivity index (χ4v) is 5.51. The number of nitrogens with zero attached hydrogens (tertiary/aromatic N) is 2. The summed E-state index contributed by atoms with van der Waals surface area (Å²) in [7, 11) is -2.31. The quantitative estimate of drug-likeness (QED) is 0.573. The van der Waals surface area contributed by atoms with Crippen LogP contribution in [0.4, 0.5) is 4.39 Å². The zero-order valence-corrected chi connectivity index (χ0v) is 18.9. The molecule has 1 N–H and O–H groups in total. The summed E-state index contributed by atoms with van der Waals surface area (Å²) in [6.45, 7) is 0.500. The van der Waals surface area contributed by atoms with Gasteiger partial charge in [0.15, 0.2) is 0 Å². The van der Waals surface area contributed by atoms with Gasteiger partial charge in [0, 0.05) is 18.7 Å². The van der Waals surface area contributed by atoms with Crippen LogP contribution in [0.15, 0.2) is 71.8 Å². The SMILES string of the molecule is COc1ccc(-c2cccc(CNC(=O)[C@@H]3CCCN3S(=O)(=O)c3ccc(F)cc3)c2)nc1. The second kappa shape index (κ2) is 9.68. The van der Waals surface area contributed by atoms with Crippen molar-refractivity contribution in [1.29, 1.82) is 0 Å². The normalized spacial score (nSPS) is 16.5. The van der Waals surface area contributed by atoms with Gasteiger partial charge in [-0.1, -0.05) is 18.2 Å². The standard InChI is InChI=1S/C24H24FN3O4S/c1-32-20-9-12-22(26-16-20)18-5-2-4-17(14-18)15-27-24(29)23-6-3-13-28(23)33(30,31)21-10-7-19(25)8-11-21/h2,4-5,7-12,14,16,23H,3,6,13,15H2,1H3,(H,27,29)/t23-/m0/s1. The van der Waals surface area contributed by atoms with Gasteiger partial charge in [0.1, 0.15) is 17.6 Å². The van der Waals surface area contributed by atoms with Crippen LogP contribution in [-0.2, 0) is 21.4 Å². The summed E-state index contributed by atoms with van der Waals surface area (Å²) in [5, 5.41) is 2.86. The second-order valence-corrected chi connectivity index (χ2v) is 9.62. The fourth-order valence-electron chi connectivity index (χ4n) is 3.85. The molecular formula is C24H24FN3O4S. The first kappa shape index (κ1) is 22.9. The molecule has 0 radical (unpaired) electrons. The number of benzene rings is 2. The van der Waals surface area contributed by atoms with Gasteiger partial charge >= 0.3 is 0 Å². The number of pyridine rings is 1. The molecule has 1 saturated heterocycles. The van der Waals surface area contributed by atoms with Crippen LogP contribution < -0.4 is 10.1 Å². The van der Waals surface area contributed by atoms with Crippen LogP contribution in [0.2, 0.25) is 0 Å². The Hall–Kier alpha value is -3.30. The van der Waals surface area contributed by atoms with E-state index in [1.807, 2.05) is 36.4 Å². The Labute approximate surface area is 192 Å². The number of rotatable bonds is 7.